The fraction of sp³-hybridized carbons (Fsp3) is 0.917. The Balaban J connectivity index is 2.73. The molecule has 1 aliphatic rings. The number of esters is 1. The lowest BCUT2D eigenvalue weighted by Crippen LogP contribution is -2.59. The first kappa shape index (κ1) is 20.2. The summed E-state index contributed by atoms with van der Waals surface area (Å²) in [6.07, 6.45) is -16.1. The van der Waals surface area contributed by atoms with Crippen LogP contribution in [0.1, 0.15) is 6.92 Å². The smallest absolute Gasteiger partial charge is 0.338 e. The number of aliphatic hydroxyl groups is 8. The van der Waals surface area contributed by atoms with Crippen LogP contribution in [0.15, 0.2) is 0 Å². The van der Waals surface area contributed by atoms with Crippen molar-refractivity contribution in [3.8, 4) is 0 Å². The van der Waals surface area contributed by atoms with Crippen molar-refractivity contribution in [3.63, 3.8) is 0 Å². The molecule has 1 aliphatic heterocycles. The van der Waals surface area contributed by atoms with Gasteiger partial charge < -0.3 is 50.3 Å². The number of ether oxygens (including phenoxy) is 2. The first-order valence-electron chi connectivity index (χ1n) is 6.85. The van der Waals surface area contributed by atoms with E-state index in [2.05, 4.69) is 4.74 Å². The summed E-state index contributed by atoms with van der Waals surface area (Å²) in [7, 11) is 0. The molecule has 0 aromatic heterocycles. The molecule has 11 heteroatoms. The summed E-state index contributed by atoms with van der Waals surface area (Å²) in [4.78, 5) is 11.7. The van der Waals surface area contributed by atoms with E-state index in [1.54, 1.807) is 0 Å². The highest BCUT2D eigenvalue weighted by atomic mass is 16.6. The zero-order valence-corrected chi connectivity index (χ0v) is 12.2. The number of hydrogen-bond acceptors (Lipinski definition) is 11. The van der Waals surface area contributed by atoms with Gasteiger partial charge in [-0.25, -0.2) is 4.79 Å². The van der Waals surface area contributed by atoms with E-state index >= 15 is 0 Å². The molecule has 0 radical (unpaired) electrons. The Hall–Kier alpha value is -0.890. The maximum atomic E-state index is 11.7. The fourth-order valence-corrected chi connectivity index (χ4v) is 2.02. The van der Waals surface area contributed by atoms with Gasteiger partial charge in [-0.2, -0.15) is 0 Å². The van der Waals surface area contributed by atoms with Gasteiger partial charge in [0.05, 0.1) is 12.7 Å². The largest absolute Gasteiger partial charge is 0.455 e. The lowest BCUT2D eigenvalue weighted by atomic mass is 9.99. The van der Waals surface area contributed by atoms with Crippen LogP contribution in [-0.2, 0) is 14.3 Å². The van der Waals surface area contributed by atoms with Gasteiger partial charge in [0.2, 0.25) is 0 Å². The minimum atomic E-state index is -2.33. The van der Waals surface area contributed by atoms with E-state index < -0.39 is 67.7 Å². The predicted molar refractivity (Wildman–Crippen MR) is 69.6 cm³/mol. The summed E-state index contributed by atoms with van der Waals surface area (Å²) < 4.78 is 9.43. The number of hydrogen-bond donors (Lipinski definition) is 8. The highest BCUT2D eigenvalue weighted by Crippen LogP contribution is 2.23. The van der Waals surface area contributed by atoms with E-state index in [0.717, 1.165) is 0 Å². The predicted octanol–water partition coefficient (Wildman–Crippen LogP) is -5.21. The third kappa shape index (κ3) is 4.56. The molecule has 0 aromatic carbocycles. The van der Waals surface area contributed by atoms with Gasteiger partial charge in [-0.1, -0.05) is 0 Å². The van der Waals surface area contributed by atoms with Crippen molar-refractivity contribution in [1.82, 2.24) is 0 Å². The normalized spacial score (nSPS) is 36.8. The van der Waals surface area contributed by atoms with Gasteiger partial charge in [0.1, 0.15) is 30.5 Å². The minimum absolute atomic E-state index is 0.929. The van der Waals surface area contributed by atoms with E-state index in [9.17, 15) is 35.4 Å². The van der Waals surface area contributed by atoms with Gasteiger partial charge in [0, 0.05) is 0 Å². The molecular formula is C12H22O11. The molecule has 23 heavy (non-hydrogen) atoms. The van der Waals surface area contributed by atoms with Crippen LogP contribution in [0.25, 0.3) is 0 Å². The molecule has 8 N–H and O–H groups in total. The van der Waals surface area contributed by atoms with Gasteiger partial charge in [0.25, 0.3) is 0 Å². The summed E-state index contributed by atoms with van der Waals surface area (Å²) in [5, 5.41) is 75.2. The van der Waals surface area contributed by atoms with Crippen LogP contribution in [0, 0.1) is 0 Å². The second kappa shape index (κ2) is 8.28. The standard InChI is InChI=1S/C12H22O11/c1-3-5(15)10(9(19)12(21)22-3)23-11(20)8(18)7(17)6(16)4(14)2-13/h3-10,12-19,21H,2H2,1H3/t3-,4-,5-,6-,7+,8-,9+,10+,12?/m1/s1. The van der Waals surface area contributed by atoms with E-state index in [0.29, 0.717) is 0 Å². The van der Waals surface area contributed by atoms with Crippen LogP contribution in [0.2, 0.25) is 0 Å². The summed E-state index contributed by atoms with van der Waals surface area (Å²) in [5.74, 6) is -1.52. The third-order valence-electron chi connectivity index (χ3n) is 3.55. The molecule has 136 valence electrons. The molecule has 1 rings (SSSR count). The molecule has 1 fully saturated rings. The maximum absolute atomic E-state index is 11.7. The van der Waals surface area contributed by atoms with Crippen LogP contribution >= 0.6 is 0 Å². The van der Waals surface area contributed by atoms with Crippen molar-refractivity contribution < 1.29 is 55.1 Å². The number of rotatable bonds is 6. The van der Waals surface area contributed by atoms with Crippen molar-refractivity contribution in [1.29, 1.82) is 0 Å². The van der Waals surface area contributed by atoms with E-state index in [-0.39, 0.29) is 0 Å². The maximum Gasteiger partial charge on any atom is 0.338 e. The van der Waals surface area contributed by atoms with Crippen LogP contribution in [-0.4, -0.2) is 109 Å². The molecule has 0 aromatic rings. The average Bonchev–Trinajstić information content (AvgIpc) is 2.53. The van der Waals surface area contributed by atoms with Crippen LogP contribution in [0.5, 0.6) is 0 Å². The Labute approximate surface area is 130 Å². The third-order valence-corrected chi connectivity index (χ3v) is 3.55. The zero-order valence-electron chi connectivity index (χ0n) is 12.2. The SMILES string of the molecule is C[C@H]1OC(O)[C@@H](O)[C@@H](OC(=O)[C@H](O)[C@@H](O)[C@H](O)[C@H](O)CO)[C@@H]1O. The number of carbonyl (C=O) groups is 1. The van der Waals surface area contributed by atoms with Gasteiger partial charge in [-0.3, -0.25) is 0 Å². The molecule has 0 bridgehead atoms. The van der Waals surface area contributed by atoms with Gasteiger partial charge in [-0.05, 0) is 6.92 Å². The van der Waals surface area contributed by atoms with E-state index in [4.69, 9.17) is 14.9 Å². The first-order chi connectivity index (χ1) is 10.6. The van der Waals surface area contributed by atoms with Crippen molar-refractivity contribution in [2.24, 2.45) is 0 Å². The van der Waals surface area contributed by atoms with Gasteiger partial charge in [-0.15, -0.1) is 0 Å². The van der Waals surface area contributed by atoms with Crippen molar-refractivity contribution in [2.45, 2.75) is 62.0 Å². The zero-order chi connectivity index (χ0) is 17.9. The summed E-state index contributed by atoms with van der Waals surface area (Å²) in [6.45, 7) is 0.411. The van der Waals surface area contributed by atoms with Crippen molar-refractivity contribution in [3.05, 3.63) is 0 Å². The number of carbonyl (C=O) groups excluding carboxylic acids is 1. The molecule has 0 saturated carbocycles. The Morgan fingerprint density at radius 1 is 1.09 bits per heavy atom. The molecule has 0 spiro atoms. The lowest BCUT2D eigenvalue weighted by Gasteiger charge is -2.39. The van der Waals surface area contributed by atoms with Gasteiger partial charge in [0.15, 0.2) is 18.5 Å². The van der Waals surface area contributed by atoms with E-state index in [1.165, 1.54) is 6.92 Å². The monoisotopic (exact) mass is 342 g/mol. The highest BCUT2D eigenvalue weighted by molar-refractivity contribution is 5.75. The Morgan fingerprint density at radius 3 is 2.17 bits per heavy atom. The Kier molecular flexibility index (Phi) is 7.26. The molecule has 11 nitrogen and oxygen atoms in total. The van der Waals surface area contributed by atoms with Crippen molar-refractivity contribution in [2.75, 3.05) is 6.61 Å². The molecule has 1 unspecified atom stereocenters. The summed E-state index contributed by atoms with van der Waals surface area (Å²) >= 11 is 0. The molecule has 0 amide bonds. The Morgan fingerprint density at radius 2 is 1.65 bits per heavy atom. The molecule has 0 aliphatic carbocycles. The van der Waals surface area contributed by atoms with Gasteiger partial charge >= 0.3 is 5.97 Å². The van der Waals surface area contributed by atoms with Crippen LogP contribution < -0.4 is 0 Å². The minimum Gasteiger partial charge on any atom is -0.455 e. The van der Waals surface area contributed by atoms with Crippen LogP contribution in [0.3, 0.4) is 0 Å². The quantitative estimate of drug-likeness (QED) is 0.215. The molecular weight excluding hydrogens is 320 g/mol. The van der Waals surface area contributed by atoms with E-state index in [1.807, 2.05) is 0 Å². The second-order valence-electron chi connectivity index (χ2n) is 5.29. The highest BCUT2D eigenvalue weighted by Gasteiger charge is 2.46. The molecule has 9 atom stereocenters. The van der Waals surface area contributed by atoms with Crippen molar-refractivity contribution >= 4 is 5.97 Å². The lowest BCUT2D eigenvalue weighted by molar-refractivity contribution is -0.283. The number of aliphatic hydroxyl groups excluding tert-OH is 8. The van der Waals surface area contributed by atoms with Crippen LogP contribution in [0.4, 0.5) is 0 Å². The summed E-state index contributed by atoms with van der Waals surface area (Å²) in [5.41, 5.74) is 0. The average molecular weight is 342 g/mol. The first-order valence-corrected chi connectivity index (χ1v) is 6.85. The second-order valence-corrected chi connectivity index (χ2v) is 5.29. The summed E-state index contributed by atoms with van der Waals surface area (Å²) in [6, 6.07) is 0. The molecule has 1 saturated heterocycles. The topological polar surface area (TPSA) is 197 Å². The fourth-order valence-electron chi connectivity index (χ4n) is 2.02. The Bertz CT molecular complexity index is 377. The molecule has 1 heterocycles.